The van der Waals surface area contributed by atoms with Crippen LogP contribution in [0.1, 0.15) is 18.9 Å². The van der Waals surface area contributed by atoms with Gasteiger partial charge >= 0.3 is 0 Å². The van der Waals surface area contributed by atoms with Gasteiger partial charge in [0.15, 0.2) is 0 Å². The van der Waals surface area contributed by atoms with Crippen molar-refractivity contribution in [2.24, 2.45) is 11.7 Å². The van der Waals surface area contributed by atoms with Crippen LogP contribution in [0.15, 0.2) is 42.5 Å². The molecule has 0 fully saturated rings. The summed E-state index contributed by atoms with van der Waals surface area (Å²) in [4.78, 5) is 0. The van der Waals surface area contributed by atoms with Crippen LogP contribution in [0.2, 0.25) is 0 Å². The molecule has 0 aliphatic carbocycles. The highest BCUT2D eigenvalue weighted by Crippen LogP contribution is 2.18. The molecule has 2 heteroatoms. The Balaban J connectivity index is 1.85. The number of benzene rings is 2. The SMILES string of the molecule is CC(CN)CCNCCc1cccc2ccccc12. The van der Waals surface area contributed by atoms with E-state index in [4.69, 9.17) is 5.73 Å². The van der Waals surface area contributed by atoms with Crippen LogP contribution in [0, 0.1) is 5.92 Å². The minimum Gasteiger partial charge on any atom is -0.330 e. The van der Waals surface area contributed by atoms with Crippen LogP contribution in [-0.4, -0.2) is 19.6 Å². The Morgan fingerprint density at radius 1 is 1.05 bits per heavy atom. The van der Waals surface area contributed by atoms with Gasteiger partial charge in [-0.15, -0.1) is 0 Å². The van der Waals surface area contributed by atoms with E-state index in [0.29, 0.717) is 5.92 Å². The Morgan fingerprint density at radius 2 is 1.84 bits per heavy atom. The third-order valence-electron chi connectivity index (χ3n) is 3.67. The quantitative estimate of drug-likeness (QED) is 0.747. The van der Waals surface area contributed by atoms with E-state index in [1.54, 1.807) is 0 Å². The first-order valence-corrected chi connectivity index (χ1v) is 7.18. The molecule has 0 heterocycles. The number of nitrogens with one attached hydrogen (secondary N) is 1. The molecule has 102 valence electrons. The maximum absolute atomic E-state index is 5.61. The van der Waals surface area contributed by atoms with E-state index in [1.807, 2.05) is 0 Å². The molecule has 0 spiro atoms. The Morgan fingerprint density at radius 3 is 2.68 bits per heavy atom. The molecule has 2 aromatic carbocycles. The van der Waals surface area contributed by atoms with Crippen molar-refractivity contribution in [1.82, 2.24) is 5.32 Å². The topological polar surface area (TPSA) is 38.0 Å². The van der Waals surface area contributed by atoms with E-state index < -0.39 is 0 Å². The average Bonchev–Trinajstić information content (AvgIpc) is 2.46. The number of nitrogens with two attached hydrogens (primary N) is 1. The molecule has 0 aliphatic heterocycles. The van der Waals surface area contributed by atoms with Crippen LogP contribution < -0.4 is 11.1 Å². The van der Waals surface area contributed by atoms with Crippen LogP contribution in [0.25, 0.3) is 10.8 Å². The zero-order valence-electron chi connectivity index (χ0n) is 11.7. The van der Waals surface area contributed by atoms with Crippen LogP contribution in [-0.2, 0) is 6.42 Å². The van der Waals surface area contributed by atoms with Crippen molar-refractivity contribution >= 4 is 10.8 Å². The predicted molar refractivity (Wildman–Crippen MR) is 83.4 cm³/mol. The monoisotopic (exact) mass is 256 g/mol. The van der Waals surface area contributed by atoms with Gasteiger partial charge in [0.1, 0.15) is 0 Å². The molecule has 19 heavy (non-hydrogen) atoms. The van der Waals surface area contributed by atoms with E-state index in [0.717, 1.165) is 32.5 Å². The van der Waals surface area contributed by atoms with Gasteiger partial charge in [-0.05, 0) is 54.7 Å². The summed E-state index contributed by atoms with van der Waals surface area (Å²) in [5.74, 6) is 0.616. The van der Waals surface area contributed by atoms with Gasteiger partial charge < -0.3 is 11.1 Å². The van der Waals surface area contributed by atoms with Crippen LogP contribution in [0.3, 0.4) is 0 Å². The second-order valence-corrected chi connectivity index (χ2v) is 5.27. The van der Waals surface area contributed by atoms with E-state index in [-0.39, 0.29) is 0 Å². The molecular formula is C17H24N2. The first kappa shape index (κ1) is 14.0. The maximum atomic E-state index is 5.61. The molecule has 0 radical (unpaired) electrons. The Bertz CT molecular complexity index is 502. The zero-order chi connectivity index (χ0) is 13.5. The number of rotatable bonds is 7. The molecule has 1 atom stereocenters. The van der Waals surface area contributed by atoms with Crippen molar-refractivity contribution in [2.75, 3.05) is 19.6 Å². The molecular weight excluding hydrogens is 232 g/mol. The molecule has 0 aliphatic rings. The summed E-state index contributed by atoms with van der Waals surface area (Å²) in [7, 11) is 0. The fraction of sp³-hybridized carbons (Fsp3) is 0.412. The minimum atomic E-state index is 0.616. The van der Waals surface area contributed by atoms with Crippen molar-refractivity contribution in [3.63, 3.8) is 0 Å². The molecule has 0 saturated carbocycles. The minimum absolute atomic E-state index is 0.616. The molecule has 0 saturated heterocycles. The fourth-order valence-electron chi connectivity index (χ4n) is 2.32. The second kappa shape index (κ2) is 7.27. The highest BCUT2D eigenvalue weighted by molar-refractivity contribution is 5.85. The van der Waals surface area contributed by atoms with Gasteiger partial charge in [0.2, 0.25) is 0 Å². The van der Waals surface area contributed by atoms with E-state index in [9.17, 15) is 0 Å². The Hall–Kier alpha value is -1.38. The van der Waals surface area contributed by atoms with Gasteiger partial charge in [-0.25, -0.2) is 0 Å². The highest BCUT2D eigenvalue weighted by atomic mass is 14.8. The van der Waals surface area contributed by atoms with Gasteiger partial charge in [0.05, 0.1) is 0 Å². The van der Waals surface area contributed by atoms with Gasteiger partial charge in [0.25, 0.3) is 0 Å². The molecule has 2 rings (SSSR count). The smallest absolute Gasteiger partial charge is 0.000813 e. The number of fused-ring (bicyclic) bond motifs is 1. The molecule has 0 amide bonds. The Labute approximate surface area is 116 Å². The number of hydrogen-bond donors (Lipinski definition) is 2. The fourth-order valence-corrected chi connectivity index (χ4v) is 2.32. The van der Waals surface area contributed by atoms with Gasteiger partial charge in [0, 0.05) is 0 Å². The van der Waals surface area contributed by atoms with Crippen molar-refractivity contribution in [3.8, 4) is 0 Å². The van der Waals surface area contributed by atoms with E-state index in [1.165, 1.54) is 16.3 Å². The van der Waals surface area contributed by atoms with Gasteiger partial charge in [-0.1, -0.05) is 49.4 Å². The van der Waals surface area contributed by atoms with E-state index >= 15 is 0 Å². The average molecular weight is 256 g/mol. The van der Waals surface area contributed by atoms with Crippen molar-refractivity contribution in [1.29, 1.82) is 0 Å². The molecule has 2 nitrogen and oxygen atoms in total. The van der Waals surface area contributed by atoms with Crippen LogP contribution in [0.5, 0.6) is 0 Å². The summed E-state index contributed by atoms with van der Waals surface area (Å²) in [6, 6.07) is 15.1. The summed E-state index contributed by atoms with van der Waals surface area (Å²) in [6.07, 6.45) is 2.24. The van der Waals surface area contributed by atoms with Crippen molar-refractivity contribution < 1.29 is 0 Å². The molecule has 3 N–H and O–H groups in total. The largest absolute Gasteiger partial charge is 0.330 e. The third kappa shape index (κ3) is 4.05. The van der Waals surface area contributed by atoms with Crippen molar-refractivity contribution in [2.45, 2.75) is 19.8 Å². The lowest BCUT2D eigenvalue weighted by atomic mass is 10.0. The van der Waals surface area contributed by atoms with Crippen LogP contribution in [0.4, 0.5) is 0 Å². The predicted octanol–water partition coefficient (Wildman–Crippen LogP) is 2.96. The van der Waals surface area contributed by atoms with Crippen molar-refractivity contribution in [3.05, 3.63) is 48.0 Å². The third-order valence-corrected chi connectivity index (χ3v) is 3.67. The molecule has 1 unspecified atom stereocenters. The summed E-state index contributed by atoms with van der Waals surface area (Å²) in [6.45, 7) is 5.08. The zero-order valence-corrected chi connectivity index (χ0v) is 11.7. The highest BCUT2D eigenvalue weighted by Gasteiger charge is 2.01. The molecule has 0 aromatic heterocycles. The lowest BCUT2D eigenvalue weighted by Gasteiger charge is -2.10. The van der Waals surface area contributed by atoms with Crippen LogP contribution >= 0.6 is 0 Å². The lowest BCUT2D eigenvalue weighted by Crippen LogP contribution is -2.22. The normalized spacial score (nSPS) is 12.7. The first-order chi connectivity index (χ1) is 9.31. The Kier molecular flexibility index (Phi) is 5.37. The van der Waals surface area contributed by atoms with Gasteiger partial charge in [-0.2, -0.15) is 0 Å². The maximum Gasteiger partial charge on any atom is -0.000813 e. The second-order valence-electron chi connectivity index (χ2n) is 5.27. The first-order valence-electron chi connectivity index (χ1n) is 7.18. The lowest BCUT2D eigenvalue weighted by molar-refractivity contribution is 0.511. The summed E-state index contributed by atoms with van der Waals surface area (Å²) in [5.41, 5.74) is 7.04. The van der Waals surface area contributed by atoms with E-state index in [2.05, 4.69) is 54.7 Å². The van der Waals surface area contributed by atoms with Gasteiger partial charge in [-0.3, -0.25) is 0 Å². The summed E-state index contributed by atoms with van der Waals surface area (Å²) < 4.78 is 0. The number of hydrogen-bond acceptors (Lipinski definition) is 2. The summed E-state index contributed by atoms with van der Waals surface area (Å²) in [5, 5.41) is 6.22. The molecule has 2 aromatic rings. The molecule has 0 bridgehead atoms. The standard InChI is InChI=1S/C17H24N2/c1-14(13-18)9-11-19-12-10-16-7-4-6-15-5-2-3-8-17(15)16/h2-8,14,19H,9-13,18H2,1H3. The summed E-state index contributed by atoms with van der Waals surface area (Å²) >= 11 is 0.